The molecule has 0 aliphatic carbocycles. The van der Waals surface area contributed by atoms with Crippen molar-refractivity contribution in [3.05, 3.63) is 29.8 Å². The predicted octanol–water partition coefficient (Wildman–Crippen LogP) is 2.05. The summed E-state index contributed by atoms with van der Waals surface area (Å²) in [6.45, 7) is 3.78. The number of amides is 1. The van der Waals surface area contributed by atoms with Crippen molar-refractivity contribution in [3.8, 4) is 0 Å². The van der Waals surface area contributed by atoms with Gasteiger partial charge in [-0.3, -0.25) is 9.59 Å². The minimum Gasteiger partial charge on any atom is -0.456 e. The minimum atomic E-state index is -0.370. The van der Waals surface area contributed by atoms with Gasteiger partial charge in [-0.05, 0) is 37.5 Å². The van der Waals surface area contributed by atoms with Gasteiger partial charge in [0.1, 0.15) is 0 Å². The lowest BCUT2D eigenvalue weighted by Crippen LogP contribution is -2.35. The lowest BCUT2D eigenvalue weighted by Gasteiger charge is -2.12. The Hall–Kier alpha value is -2.04. The van der Waals surface area contributed by atoms with Gasteiger partial charge in [0.2, 0.25) is 0 Å². The molecule has 1 aromatic carbocycles. The van der Waals surface area contributed by atoms with Crippen molar-refractivity contribution in [2.24, 2.45) is 0 Å². The van der Waals surface area contributed by atoms with E-state index in [1.54, 1.807) is 12.1 Å². The zero-order chi connectivity index (χ0) is 15.7. The number of carbonyl (C=O) groups is 2. The molecule has 1 amide bonds. The molecule has 116 valence electrons. The number of carbonyl (C=O) groups excluding carboxylic acids is 2. The number of benzene rings is 1. The molecule has 0 heterocycles. The van der Waals surface area contributed by atoms with Crippen LogP contribution in [0.4, 0.5) is 5.69 Å². The lowest BCUT2D eigenvalue weighted by atomic mass is 10.1. The molecule has 0 radical (unpaired) electrons. The number of ether oxygens (including phenoxy) is 1. The van der Waals surface area contributed by atoms with Crippen LogP contribution in [-0.2, 0) is 20.7 Å². The van der Waals surface area contributed by atoms with Crippen molar-refractivity contribution in [1.82, 2.24) is 5.32 Å². The number of esters is 1. The number of nitrogen functional groups attached to an aromatic ring is 1. The van der Waals surface area contributed by atoms with Gasteiger partial charge in [0.05, 0.1) is 0 Å². The van der Waals surface area contributed by atoms with Crippen LogP contribution in [0, 0.1) is 0 Å². The highest BCUT2D eigenvalue weighted by atomic mass is 16.5. The standard InChI is InChI=1S/C16H24N2O3/c1-3-4-12(2)18-15(19)11-21-16(20)10-7-13-5-8-14(17)9-6-13/h5-6,8-9,12H,3-4,7,10-11,17H2,1-2H3,(H,18,19). The summed E-state index contributed by atoms with van der Waals surface area (Å²) in [5, 5.41) is 2.79. The van der Waals surface area contributed by atoms with Crippen molar-refractivity contribution in [3.63, 3.8) is 0 Å². The molecule has 0 aliphatic heterocycles. The topological polar surface area (TPSA) is 81.4 Å². The van der Waals surface area contributed by atoms with Gasteiger partial charge in [0, 0.05) is 18.2 Å². The summed E-state index contributed by atoms with van der Waals surface area (Å²) in [5.74, 6) is -0.623. The molecule has 0 saturated carbocycles. The van der Waals surface area contributed by atoms with Crippen molar-refractivity contribution in [1.29, 1.82) is 0 Å². The third-order valence-corrected chi connectivity index (χ3v) is 3.09. The van der Waals surface area contributed by atoms with Crippen LogP contribution in [0.3, 0.4) is 0 Å². The average Bonchev–Trinajstić information content (AvgIpc) is 2.44. The van der Waals surface area contributed by atoms with Crippen LogP contribution in [0.5, 0.6) is 0 Å². The van der Waals surface area contributed by atoms with E-state index in [-0.39, 0.29) is 30.9 Å². The Morgan fingerprint density at radius 2 is 1.95 bits per heavy atom. The number of aryl methyl sites for hydroxylation is 1. The molecule has 5 heteroatoms. The molecule has 0 aliphatic rings. The van der Waals surface area contributed by atoms with E-state index in [0.717, 1.165) is 18.4 Å². The van der Waals surface area contributed by atoms with E-state index in [1.165, 1.54) is 0 Å². The number of anilines is 1. The molecule has 1 rings (SSSR count). The second-order valence-corrected chi connectivity index (χ2v) is 5.16. The monoisotopic (exact) mass is 292 g/mol. The summed E-state index contributed by atoms with van der Waals surface area (Å²) in [4.78, 5) is 23.1. The van der Waals surface area contributed by atoms with Crippen molar-refractivity contribution >= 4 is 17.6 Å². The van der Waals surface area contributed by atoms with Gasteiger partial charge in [0.15, 0.2) is 6.61 Å². The first-order valence-corrected chi connectivity index (χ1v) is 7.30. The van der Waals surface area contributed by atoms with Gasteiger partial charge >= 0.3 is 5.97 Å². The molecule has 0 bridgehead atoms. The number of nitrogens with two attached hydrogens (primary N) is 1. The molecule has 0 spiro atoms. The second kappa shape index (κ2) is 9.00. The SMILES string of the molecule is CCCC(C)NC(=O)COC(=O)CCc1ccc(N)cc1. The molecule has 1 unspecified atom stereocenters. The van der Waals surface area contributed by atoms with Gasteiger partial charge in [-0.15, -0.1) is 0 Å². The van der Waals surface area contributed by atoms with Crippen LogP contribution in [0.2, 0.25) is 0 Å². The summed E-state index contributed by atoms with van der Waals surface area (Å²) >= 11 is 0. The van der Waals surface area contributed by atoms with Crippen LogP contribution < -0.4 is 11.1 Å². The highest BCUT2D eigenvalue weighted by Crippen LogP contribution is 2.08. The lowest BCUT2D eigenvalue weighted by molar-refractivity contribution is -0.148. The van der Waals surface area contributed by atoms with E-state index >= 15 is 0 Å². The van der Waals surface area contributed by atoms with E-state index in [9.17, 15) is 9.59 Å². The van der Waals surface area contributed by atoms with E-state index in [4.69, 9.17) is 10.5 Å². The first-order valence-electron chi connectivity index (χ1n) is 7.30. The molecule has 1 atom stereocenters. The third-order valence-electron chi connectivity index (χ3n) is 3.09. The Labute approximate surface area is 125 Å². The van der Waals surface area contributed by atoms with Crippen molar-refractivity contribution < 1.29 is 14.3 Å². The van der Waals surface area contributed by atoms with Crippen LogP contribution in [0.25, 0.3) is 0 Å². The highest BCUT2D eigenvalue weighted by Gasteiger charge is 2.10. The zero-order valence-electron chi connectivity index (χ0n) is 12.7. The normalized spacial score (nSPS) is 11.7. The predicted molar refractivity (Wildman–Crippen MR) is 82.6 cm³/mol. The van der Waals surface area contributed by atoms with E-state index in [2.05, 4.69) is 12.2 Å². The fourth-order valence-corrected chi connectivity index (χ4v) is 1.97. The summed E-state index contributed by atoms with van der Waals surface area (Å²) in [7, 11) is 0. The highest BCUT2D eigenvalue weighted by molar-refractivity contribution is 5.80. The maximum Gasteiger partial charge on any atom is 0.306 e. The molecule has 5 nitrogen and oxygen atoms in total. The first kappa shape index (κ1) is 17.0. The quantitative estimate of drug-likeness (QED) is 0.567. The molecular weight excluding hydrogens is 268 g/mol. The molecule has 3 N–H and O–H groups in total. The zero-order valence-corrected chi connectivity index (χ0v) is 12.7. The fourth-order valence-electron chi connectivity index (χ4n) is 1.97. The van der Waals surface area contributed by atoms with E-state index < -0.39 is 0 Å². The number of rotatable bonds is 8. The Morgan fingerprint density at radius 3 is 2.57 bits per heavy atom. The molecule has 1 aromatic rings. The Bertz CT molecular complexity index is 457. The summed E-state index contributed by atoms with van der Waals surface area (Å²) < 4.78 is 4.95. The second-order valence-electron chi connectivity index (χ2n) is 5.16. The summed E-state index contributed by atoms with van der Waals surface area (Å²) in [6.07, 6.45) is 2.74. The maximum atomic E-state index is 11.6. The van der Waals surface area contributed by atoms with E-state index in [0.29, 0.717) is 12.1 Å². The minimum absolute atomic E-state index is 0.107. The van der Waals surface area contributed by atoms with Crippen LogP contribution in [0.15, 0.2) is 24.3 Å². The fraction of sp³-hybridized carbons (Fsp3) is 0.500. The van der Waals surface area contributed by atoms with Gasteiger partial charge in [0.25, 0.3) is 5.91 Å². The summed E-state index contributed by atoms with van der Waals surface area (Å²) in [5.41, 5.74) is 7.30. The summed E-state index contributed by atoms with van der Waals surface area (Å²) in [6, 6.07) is 7.45. The smallest absolute Gasteiger partial charge is 0.306 e. The Balaban J connectivity index is 2.21. The van der Waals surface area contributed by atoms with Crippen molar-refractivity contribution in [2.75, 3.05) is 12.3 Å². The van der Waals surface area contributed by atoms with Gasteiger partial charge in [-0.2, -0.15) is 0 Å². The number of hydrogen-bond acceptors (Lipinski definition) is 4. The molecule has 0 saturated heterocycles. The van der Waals surface area contributed by atoms with Gasteiger partial charge in [-0.25, -0.2) is 0 Å². The Kier molecular flexibility index (Phi) is 7.29. The maximum absolute atomic E-state index is 11.6. The van der Waals surface area contributed by atoms with E-state index in [1.807, 2.05) is 19.1 Å². The molecular formula is C16H24N2O3. The average molecular weight is 292 g/mol. The number of nitrogens with one attached hydrogen (secondary N) is 1. The third kappa shape index (κ3) is 7.34. The van der Waals surface area contributed by atoms with Gasteiger partial charge < -0.3 is 15.8 Å². The van der Waals surface area contributed by atoms with Crippen LogP contribution in [0.1, 0.15) is 38.7 Å². The van der Waals surface area contributed by atoms with Crippen LogP contribution >= 0.6 is 0 Å². The first-order chi connectivity index (χ1) is 10.0. The number of hydrogen-bond donors (Lipinski definition) is 2. The largest absolute Gasteiger partial charge is 0.456 e. The van der Waals surface area contributed by atoms with Crippen LogP contribution in [-0.4, -0.2) is 24.5 Å². The van der Waals surface area contributed by atoms with Gasteiger partial charge in [-0.1, -0.05) is 25.5 Å². The molecule has 0 aromatic heterocycles. The molecule has 21 heavy (non-hydrogen) atoms. The molecule has 0 fully saturated rings. The van der Waals surface area contributed by atoms with Crippen molar-refractivity contribution in [2.45, 2.75) is 45.6 Å². The Morgan fingerprint density at radius 1 is 1.29 bits per heavy atom.